The Hall–Kier alpha value is -6.62. The topological polar surface area (TPSA) is 296 Å². The molecule has 1 aliphatic heterocycles. The van der Waals surface area contributed by atoms with Gasteiger partial charge in [-0.1, -0.05) is 110 Å². The molecule has 12 unspecified atom stereocenters. The van der Waals surface area contributed by atoms with Crippen LogP contribution in [0.4, 0.5) is 0 Å². The number of carbonyl (C=O) groups is 12. The number of aliphatic carboxylic acids is 1. The third-order valence-electron chi connectivity index (χ3n) is 16.6. The lowest BCUT2D eigenvalue weighted by Gasteiger charge is -2.42. The Morgan fingerprint density at radius 2 is 0.885 bits per heavy atom. The van der Waals surface area contributed by atoms with E-state index >= 15 is 9.59 Å². The molecule has 0 radical (unpaired) electrons. The molecule has 1 heterocycles. The van der Waals surface area contributed by atoms with E-state index in [1.807, 2.05) is 55.4 Å². The summed E-state index contributed by atoms with van der Waals surface area (Å²) in [5.74, 6) is -11.2. The molecular formula is C63H111N11O13. The van der Waals surface area contributed by atoms with Gasteiger partial charge in [-0.3, -0.25) is 52.7 Å². The molecule has 0 spiro atoms. The van der Waals surface area contributed by atoms with Gasteiger partial charge in [-0.2, -0.15) is 0 Å². The van der Waals surface area contributed by atoms with Crippen LogP contribution in [0.1, 0.15) is 156 Å². The van der Waals surface area contributed by atoms with Gasteiger partial charge in [-0.05, 0) is 99.7 Å². The van der Waals surface area contributed by atoms with Gasteiger partial charge in [0.25, 0.3) is 0 Å². The molecule has 1 fully saturated rings. The van der Waals surface area contributed by atoms with Crippen LogP contribution in [0.2, 0.25) is 0 Å². The molecule has 24 heteroatoms. The average Bonchev–Trinajstić information content (AvgIpc) is 1.19. The molecule has 0 aromatic carbocycles. The maximum absolute atomic E-state index is 15.3. The lowest BCUT2D eigenvalue weighted by atomic mass is 9.84. The predicted octanol–water partition coefficient (Wildman–Crippen LogP) is 3.61. The van der Waals surface area contributed by atoms with Crippen molar-refractivity contribution in [3.63, 3.8) is 0 Å². The molecule has 0 aromatic heterocycles. The molecular weight excluding hydrogens is 1120 g/mol. The van der Waals surface area contributed by atoms with Crippen LogP contribution in [0, 0.1) is 47.3 Å². The van der Waals surface area contributed by atoms with Gasteiger partial charge in [0.15, 0.2) is 0 Å². The molecule has 5 N–H and O–H groups in total. The summed E-state index contributed by atoms with van der Waals surface area (Å²) in [6.07, 6.45) is 3.24. The van der Waals surface area contributed by atoms with Gasteiger partial charge in [-0.25, -0.2) is 4.79 Å². The van der Waals surface area contributed by atoms with Crippen LogP contribution in [0.3, 0.4) is 0 Å². The molecule has 1 aliphatic rings. The van der Waals surface area contributed by atoms with Crippen LogP contribution in [-0.4, -0.2) is 227 Å². The molecule has 0 bridgehead atoms. The highest BCUT2D eigenvalue weighted by atomic mass is 16.4. The minimum atomic E-state index is -1.32. The van der Waals surface area contributed by atoms with Crippen molar-refractivity contribution in [2.24, 2.45) is 47.3 Å². The minimum Gasteiger partial charge on any atom is -0.478 e. The first-order valence-electron chi connectivity index (χ1n) is 31.0. The number of likely N-dealkylation sites (N-methyl/N-ethyl adjacent to an activating group) is 7. The quantitative estimate of drug-likeness (QED) is 0.138. The maximum Gasteiger partial charge on any atom is 0.327 e. The van der Waals surface area contributed by atoms with Crippen molar-refractivity contribution in [2.45, 2.75) is 217 Å². The summed E-state index contributed by atoms with van der Waals surface area (Å²) in [7, 11) is 10.00. The van der Waals surface area contributed by atoms with E-state index in [2.05, 4.69) is 21.3 Å². The van der Waals surface area contributed by atoms with Crippen LogP contribution >= 0.6 is 0 Å². The van der Waals surface area contributed by atoms with Crippen molar-refractivity contribution >= 4 is 70.9 Å². The Morgan fingerprint density at radius 1 is 0.471 bits per heavy atom. The molecule has 24 nitrogen and oxygen atoms in total. The zero-order chi connectivity index (χ0) is 67.6. The van der Waals surface area contributed by atoms with Crippen molar-refractivity contribution < 1.29 is 62.6 Å². The first-order valence-corrected chi connectivity index (χ1v) is 31.0. The van der Waals surface area contributed by atoms with E-state index in [4.69, 9.17) is 0 Å². The summed E-state index contributed by atoms with van der Waals surface area (Å²) in [6, 6.07) is -12.0. The fraction of sp³-hybridized carbons (Fsp3) is 0.778. The van der Waals surface area contributed by atoms with Crippen LogP contribution < -0.4 is 21.3 Å². The van der Waals surface area contributed by atoms with Crippen LogP contribution in [0.5, 0.6) is 0 Å². The number of amides is 11. The minimum absolute atomic E-state index is 0.0378. The Bertz CT molecular complexity index is 2430. The Labute approximate surface area is 519 Å². The van der Waals surface area contributed by atoms with Gasteiger partial charge in [0, 0.05) is 55.4 Å². The van der Waals surface area contributed by atoms with Gasteiger partial charge in [-0.15, -0.1) is 0 Å². The van der Waals surface area contributed by atoms with E-state index in [9.17, 15) is 53.1 Å². The second-order valence-electron chi connectivity index (χ2n) is 26.6. The van der Waals surface area contributed by atoms with E-state index in [1.54, 1.807) is 48.5 Å². The molecule has 12 atom stereocenters. The molecule has 11 amide bonds. The monoisotopic (exact) mass is 1230 g/mol. The second kappa shape index (κ2) is 35.4. The summed E-state index contributed by atoms with van der Waals surface area (Å²) >= 11 is 0. The predicted molar refractivity (Wildman–Crippen MR) is 334 cm³/mol. The number of carboxylic acids is 1. The summed E-state index contributed by atoms with van der Waals surface area (Å²) in [4.78, 5) is 181. The summed E-state index contributed by atoms with van der Waals surface area (Å²) in [5.41, 5.74) is 0. The smallest absolute Gasteiger partial charge is 0.327 e. The Kier molecular flexibility index (Phi) is 31.9. The van der Waals surface area contributed by atoms with E-state index in [0.29, 0.717) is 0 Å². The average molecular weight is 1230 g/mol. The zero-order valence-corrected chi connectivity index (χ0v) is 57.0. The normalized spacial score (nSPS) is 26.5. The number of carbonyl (C=O) groups excluding carboxylic acids is 11. The number of allylic oxidation sites excluding steroid dienone is 1. The lowest BCUT2D eigenvalue weighted by Crippen LogP contribution is -2.62. The Balaban J connectivity index is 4.35. The first-order chi connectivity index (χ1) is 40.1. The number of carboxylic acid groups (broad SMARTS) is 1. The number of rotatable bonds is 16. The molecule has 0 saturated carbocycles. The molecule has 1 rings (SSSR count). The van der Waals surface area contributed by atoms with Gasteiger partial charge in [0.2, 0.25) is 65.0 Å². The number of hydrogen-bond acceptors (Lipinski definition) is 12. The highest BCUT2D eigenvalue weighted by Crippen LogP contribution is 2.28. The SMILES string of the molecule is CCC1NC(=O)C(C(C)C(C)CC=CC(=O)O)N(C)C(=O)C(C(C)C)N(C)C(=O)C(CC(C)C)N(C)C(=O)C(CC(C)C)N(C)C(=O)C(C)NC(=O)C(C)NC(=O)C(CC(C)C)N(C)C(=O)C(C(C)C)NC(=O)C(CC(C)C)N(C)C(=O)CN(C)C1=O. The van der Waals surface area contributed by atoms with Gasteiger partial charge in [0.05, 0.1) is 6.54 Å². The fourth-order valence-corrected chi connectivity index (χ4v) is 11.0. The summed E-state index contributed by atoms with van der Waals surface area (Å²) in [6.45, 7) is 29.3. The lowest BCUT2D eigenvalue weighted by molar-refractivity contribution is -0.156. The van der Waals surface area contributed by atoms with Crippen LogP contribution in [0.15, 0.2) is 12.2 Å². The van der Waals surface area contributed by atoms with E-state index in [-0.39, 0.29) is 62.2 Å². The number of nitrogens with zero attached hydrogens (tertiary/aromatic N) is 7. The molecule has 0 aromatic rings. The largest absolute Gasteiger partial charge is 0.478 e. The van der Waals surface area contributed by atoms with Gasteiger partial charge in [0.1, 0.15) is 60.4 Å². The highest BCUT2D eigenvalue weighted by molar-refractivity contribution is 5.99. The van der Waals surface area contributed by atoms with E-state index in [0.717, 1.165) is 11.0 Å². The van der Waals surface area contributed by atoms with Crippen LogP contribution in [0.25, 0.3) is 0 Å². The van der Waals surface area contributed by atoms with Crippen molar-refractivity contribution in [2.75, 3.05) is 55.9 Å². The summed E-state index contributed by atoms with van der Waals surface area (Å²) < 4.78 is 0. The highest BCUT2D eigenvalue weighted by Gasteiger charge is 2.45. The van der Waals surface area contributed by atoms with Gasteiger partial charge < -0.3 is 60.7 Å². The number of nitrogens with one attached hydrogen (secondary N) is 4. The molecule has 0 aliphatic carbocycles. The number of hydrogen-bond donors (Lipinski definition) is 5. The molecule has 87 heavy (non-hydrogen) atoms. The standard InChI is InChI=1S/C63H111N11O13/c1-25-44-59(83)68(18)33-49(75)69(19)45(29-34(2)3)56(80)67-51(38(10)11)62(86)70(20)46(30-35(4)5)55(79)64-42(16)54(78)65-43(17)58(82)71(21)47(31-36(6)7)60(84)72(22)48(32-37(8)9)61(85)73(23)52(39(12)13)63(87)74(24)53(57(81)66-44)41(15)40(14)27-26-28-50(76)77/h26,28,34-48,51-53H,25,27,29-33H2,1-24H3,(H,64,79)(H,65,78)(H,66,81)(H,67,80)(H,76,77). The second-order valence-corrected chi connectivity index (χ2v) is 26.6. The zero-order valence-electron chi connectivity index (χ0n) is 57.0. The van der Waals surface area contributed by atoms with E-state index < -0.39 is 162 Å². The maximum atomic E-state index is 15.3. The van der Waals surface area contributed by atoms with Crippen molar-refractivity contribution in [1.29, 1.82) is 0 Å². The summed E-state index contributed by atoms with van der Waals surface area (Å²) in [5, 5.41) is 20.4. The third kappa shape index (κ3) is 22.5. The third-order valence-corrected chi connectivity index (χ3v) is 16.6. The molecule has 1 saturated heterocycles. The van der Waals surface area contributed by atoms with Gasteiger partial charge >= 0.3 is 5.97 Å². The van der Waals surface area contributed by atoms with Crippen molar-refractivity contribution in [3.8, 4) is 0 Å². The molecule has 496 valence electrons. The van der Waals surface area contributed by atoms with Crippen molar-refractivity contribution in [1.82, 2.24) is 55.6 Å². The first kappa shape index (κ1) is 78.4. The fourth-order valence-electron chi connectivity index (χ4n) is 11.0. The van der Waals surface area contributed by atoms with Crippen LogP contribution in [-0.2, 0) is 57.5 Å². The van der Waals surface area contributed by atoms with E-state index in [1.165, 1.54) is 98.7 Å². The van der Waals surface area contributed by atoms with Crippen molar-refractivity contribution in [3.05, 3.63) is 12.2 Å². The Morgan fingerprint density at radius 3 is 1.33 bits per heavy atom.